The van der Waals surface area contributed by atoms with E-state index in [1.54, 1.807) is 6.92 Å². The lowest BCUT2D eigenvalue weighted by Crippen LogP contribution is -2.25. The van der Waals surface area contributed by atoms with Crippen molar-refractivity contribution in [1.29, 1.82) is 0 Å². The molecule has 0 aliphatic heterocycles. The average Bonchev–Trinajstić information content (AvgIpc) is 2.76. The molecule has 3 N–H and O–H groups in total. The van der Waals surface area contributed by atoms with Gasteiger partial charge in [-0.05, 0) is 12.8 Å². The number of carbonyl (C=O) groups is 2. The fourth-order valence-corrected chi connectivity index (χ4v) is 1.14. The van der Waals surface area contributed by atoms with Crippen molar-refractivity contribution in [2.24, 2.45) is 5.92 Å². The first-order valence-electron chi connectivity index (χ1n) is 4.98. The summed E-state index contributed by atoms with van der Waals surface area (Å²) >= 11 is 0. The van der Waals surface area contributed by atoms with Gasteiger partial charge in [-0.1, -0.05) is 6.92 Å². The van der Waals surface area contributed by atoms with Gasteiger partial charge in [-0.25, -0.2) is 0 Å². The van der Waals surface area contributed by atoms with Crippen LogP contribution in [0.3, 0.4) is 0 Å². The third-order valence-corrected chi connectivity index (χ3v) is 2.17. The van der Waals surface area contributed by atoms with E-state index in [0.717, 1.165) is 0 Å². The van der Waals surface area contributed by atoms with E-state index >= 15 is 0 Å². The number of hydrogen-bond donors (Lipinski definition) is 3. The number of hydrogen-bond acceptors (Lipinski definition) is 4. The number of carbonyl (C=O) groups excluding carboxylic acids is 1. The smallest absolute Gasteiger partial charge is 0.306 e. The average molecular weight is 226 g/mol. The lowest BCUT2D eigenvalue weighted by atomic mass is 10.1. The van der Waals surface area contributed by atoms with Gasteiger partial charge < -0.3 is 10.4 Å². The van der Waals surface area contributed by atoms with Gasteiger partial charge in [0.1, 0.15) is 0 Å². The number of H-pyrrole nitrogens is 1. The van der Waals surface area contributed by atoms with Crippen LogP contribution in [0.15, 0.2) is 6.20 Å². The van der Waals surface area contributed by atoms with E-state index in [0.29, 0.717) is 19.4 Å². The zero-order valence-electron chi connectivity index (χ0n) is 8.93. The fourth-order valence-electron chi connectivity index (χ4n) is 1.14. The SMILES string of the molecule is CC(CCCNC(=O)c1cn[nH]n1)C(=O)O. The minimum Gasteiger partial charge on any atom is -0.481 e. The maximum atomic E-state index is 11.3. The number of carboxylic acid groups (broad SMARTS) is 1. The fraction of sp³-hybridized carbons (Fsp3) is 0.556. The first kappa shape index (κ1) is 12.2. The minimum absolute atomic E-state index is 0.228. The molecule has 0 aliphatic carbocycles. The normalized spacial score (nSPS) is 12.1. The van der Waals surface area contributed by atoms with Gasteiger partial charge in [0.2, 0.25) is 0 Å². The highest BCUT2D eigenvalue weighted by molar-refractivity contribution is 5.91. The molecular weight excluding hydrogens is 212 g/mol. The molecule has 0 saturated heterocycles. The molecule has 0 aliphatic rings. The molecule has 0 aromatic carbocycles. The molecule has 0 spiro atoms. The first-order valence-corrected chi connectivity index (χ1v) is 4.98. The highest BCUT2D eigenvalue weighted by atomic mass is 16.4. The second-order valence-corrected chi connectivity index (χ2v) is 3.49. The zero-order valence-corrected chi connectivity index (χ0v) is 8.93. The van der Waals surface area contributed by atoms with E-state index in [9.17, 15) is 9.59 Å². The Morgan fingerprint density at radius 1 is 1.62 bits per heavy atom. The predicted octanol–water partition coefficient (Wildman–Crippen LogP) is 0.0354. The third kappa shape index (κ3) is 3.68. The summed E-state index contributed by atoms with van der Waals surface area (Å²) in [5, 5.41) is 20.7. The van der Waals surface area contributed by atoms with Gasteiger partial charge in [0.15, 0.2) is 5.69 Å². The molecule has 88 valence electrons. The molecule has 1 unspecified atom stereocenters. The Labute approximate surface area is 92.2 Å². The molecule has 0 saturated carbocycles. The number of rotatable bonds is 6. The van der Waals surface area contributed by atoms with E-state index in [1.165, 1.54) is 6.20 Å². The van der Waals surface area contributed by atoms with Crippen molar-refractivity contribution in [3.8, 4) is 0 Å². The van der Waals surface area contributed by atoms with Crippen molar-refractivity contribution in [3.05, 3.63) is 11.9 Å². The van der Waals surface area contributed by atoms with Crippen molar-refractivity contribution in [2.45, 2.75) is 19.8 Å². The highest BCUT2D eigenvalue weighted by Crippen LogP contribution is 2.04. The van der Waals surface area contributed by atoms with E-state index < -0.39 is 5.97 Å². The minimum atomic E-state index is -0.817. The number of aliphatic carboxylic acids is 1. The molecule has 1 aromatic rings. The number of amides is 1. The second-order valence-electron chi connectivity index (χ2n) is 3.49. The number of nitrogens with zero attached hydrogens (tertiary/aromatic N) is 2. The van der Waals surface area contributed by atoms with E-state index in [4.69, 9.17) is 5.11 Å². The molecule has 1 rings (SSSR count). The lowest BCUT2D eigenvalue weighted by molar-refractivity contribution is -0.141. The molecule has 7 nitrogen and oxygen atoms in total. The Morgan fingerprint density at radius 2 is 2.38 bits per heavy atom. The summed E-state index contributed by atoms with van der Waals surface area (Å²) in [4.78, 5) is 21.8. The Balaban J connectivity index is 2.17. The Kier molecular flexibility index (Phi) is 4.43. The van der Waals surface area contributed by atoms with Crippen LogP contribution in [0.25, 0.3) is 0 Å². The number of aromatic nitrogens is 3. The van der Waals surface area contributed by atoms with Crippen LogP contribution in [0.2, 0.25) is 0 Å². The molecule has 0 radical (unpaired) electrons. The van der Waals surface area contributed by atoms with Gasteiger partial charge >= 0.3 is 5.97 Å². The Morgan fingerprint density at radius 3 is 2.94 bits per heavy atom. The number of aromatic amines is 1. The molecule has 1 atom stereocenters. The summed E-state index contributed by atoms with van der Waals surface area (Å²) in [6, 6.07) is 0. The van der Waals surface area contributed by atoms with Crippen LogP contribution in [0.1, 0.15) is 30.3 Å². The van der Waals surface area contributed by atoms with Crippen molar-refractivity contribution < 1.29 is 14.7 Å². The predicted molar refractivity (Wildman–Crippen MR) is 54.7 cm³/mol. The number of carboxylic acids is 1. The summed E-state index contributed by atoms with van der Waals surface area (Å²) in [6.07, 6.45) is 2.49. The van der Waals surface area contributed by atoms with Crippen LogP contribution in [-0.2, 0) is 4.79 Å². The van der Waals surface area contributed by atoms with Crippen LogP contribution in [-0.4, -0.2) is 38.9 Å². The van der Waals surface area contributed by atoms with E-state index in [-0.39, 0.29) is 17.5 Å². The van der Waals surface area contributed by atoms with Gasteiger partial charge in [0, 0.05) is 6.54 Å². The van der Waals surface area contributed by atoms with Crippen molar-refractivity contribution in [3.63, 3.8) is 0 Å². The summed E-state index contributed by atoms with van der Waals surface area (Å²) in [5.74, 6) is -1.51. The molecule has 0 bridgehead atoms. The first-order chi connectivity index (χ1) is 7.61. The maximum Gasteiger partial charge on any atom is 0.306 e. The van der Waals surface area contributed by atoms with Crippen molar-refractivity contribution >= 4 is 11.9 Å². The molecular formula is C9H14N4O3. The van der Waals surface area contributed by atoms with Gasteiger partial charge in [-0.15, -0.1) is 0 Å². The van der Waals surface area contributed by atoms with E-state index in [2.05, 4.69) is 20.7 Å². The van der Waals surface area contributed by atoms with Gasteiger partial charge in [-0.2, -0.15) is 15.4 Å². The molecule has 1 heterocycles. The largest absolute Gasteiger partial charge is 0.481 e. The van der Waals surface area contributed by atoms with Crippen LogP contribution < -0.4 is 5.32 Å². The summed E-state index contributed by atoms with van der Waals surface area (Å²) in [5.41, 5.74) is 0.228. The van der Waals surface area contributed by atoms with E-state index in [1.807, 2.05) is 0 Å². The second kappa shape index (κ2) is 5.84. The number of nitrogens with one attached hydrogen (secondary N) is 2. The third-order valence-electron chi connectivity index (χ3n) is 2.17. The molecule has 1 amide bonds. The van der Waals surface area contributed by atoms with Crippen LogP contribution in [0.4, 0.5) is 0 Å². The van der Waals surface area contributed by atoms with Crippen LogP contribution >= 0.6 is 0 Å². The summed E-state index contributed by atoms with van der Waals surface area (Å²) in [7, 11) is 0. The van der Waals surface area contributed by atoms with Crippen molar-refractivity contribution in [1.82, 2.24) is 20.7 Å². The standard InChI is InChI=1S/C9H14N4O3/c1-6(9(15)16)3-2-4-10-8(14)7-5-11-13-12-7/h5-6H,2-4H2,1H3,(H,10,14)(H,15,16)(H,11,12,13). The molecule has 0 fully saturated rings. The topological polar surface area (TPSA) is 108 Å². The van der Waals surface area contributed by atoms with Crippen LogP contribution in [0.5, 0.6) is 0 Å². The molecule has 7 heteroatoms. The quantitative estimate of drug-likeness (QED) is 0.593. The molecule has 16 heavy (non-hydrogen) atoms. The zero-order chi connectivity index (χ0) is 12.0. The van der Waals surface area contributed by atoms with Crippen molar-refractivity contribution in [2.75, 3.05) is 6.54 Å². The maximum absolute atomic E-state index is 11.3. The summed E-state index contributed by atoms with van der Waals surface area (Å²) in [6.45, 7) is 2.07. The summed E-state index contributed by atoms with van der Waals surface area (Å²) < 4.78 is 0. The Bertz CT molecular complexity index is 350. The molecule has 1 aromatic heterocycles. The monoisotopic (exact) mass is 226 g/mol. The van der Waals surface area contributed by atoms with Crippen LogP contribution in [0, 0.1) is 5.92 Å². The van der Waals surface area contributed by atoms with Gasteiger partial charge in [0.25, 0.3) is 5.91 Å². The highest BCUT2D eigenvalue weighted by Gasteiger charge is 2.11. The Hall–Kier alpha value is -1.92. The van der Waals surface area contributed by atoms with Gasteiger partial charge in [0.05, 0.1) is 12.1 Å². The van der Waals surface area contributed by atoms with Gasteiger partial charge in [-0.3, -0.25) is 9.59 Å². The lowest BCUT2D eigenvalue weighted by Gasteiger charge is -2.06.